The molecule has 0 aromatic carbocycles. The van der Waals surface area contributed by atoms with E-state index in [0.717, 1.165) is 0 Å². The van der Waals surface area contributed by atoms with Gasteiger partial charge in [0, 0.05) is 31.0 Å². The molecular formula is C16H20N4O. The minimum atomic E-state index is -0.122. The minimum absolute atomic E-state index is 0.122. The van der Waals surface area contributed by atoms with Gasteiger partial charge >= 0.3 is 0 Å². The van der Waals surface area contributed by atoms with Crippen LogP contribution >= 0.6 is 0 Å². The Morgan fingerprint density at radius 3 is 2.86 bits per heavy atom. The molecule has 1 aromatic heterocycles. The summed E-state index contributed by atoms with van der Waals surface area (Å²) >= 11 is 0. The lowest BCUT2D eigenvalue weighted by Gasteiger charge is -2.23. The highest BCUT2D eigenvalue weighted by atomic mass is 16.2. The van der Waals surface area contributed by atoms with Crippen molar-refractivity contribution in [2.24, 2.45) is 11.7 Å². The van der Waals surface area contributed by atoms with Crippen LogP contribution in [0.1, 0.15) is 36.2 Å². The number of carbonyl (C=O) groups is 1. The predicted octanol–water partition coefficient (Wildman–Crippen LogP) is 1.40. The van der Waals surface area contributed by atoms with Crippen LogP contribution in [0.4, 0.5) is 0 Å². The van der Waals surface area contributed by atoms with Crippen molar-refractivity contribution in [3.63, 3.8) is 0 Å². The van der Waals surface area contributed by atoms with Crippen LogP contribution in [0.2, 0.25) is 0 Å². The molecule has 0 unspecified atom stereocenters. The summed E-state index contributed by atoms with van der Waals surface area (Å²) in [7, 11) is 0. The van der Waals surface area contributed by atoms with Crippen molar-refractivity contribution in [3.8, 4) is 17.9 Å². The molecule has 0 atom stereocenters. The summed E-state index contributed by atoms with van der Waals surface area (Å²) in [6.07, 6.45) is 3.44. The zero-order valence-electron chi connectivity index (χ0n) is 12.5. The lowest BCUT2D eigenvalue weighted by molar-refractivity contribution is 0.0739. The van der Waals surface area contributed by atoms with Gasteiger partial charge in [0.05, 0.1) is 24.6 Å². The highest BCUT2D eigenvalue weighted by Crippen LogP contribution is 2.09. The molecule has 0 aliphatic heterocycles. The van der Waals surface area contributed by atoms with Gasteiger partial charge in [-0.25, -0.2) is 0 Å². The van der Waals surface area contributed by atoms with E-state index in [2.05, 4.69) is 22.9 Å². The topological polar surface area (TPSA) is 83.0 Å². The van der Waals surface area contributed by atoms with Crippen molar-refractivity contribution in [2.45, 2.75) is 20.3 Å². The second-order valence-electron chi connectivity index (χ2n) is 5.02. The zero-order valence-corrected chi connectivity index (χ0v) is 12.5. The molecule has 0 fully saturated rings. The van der Waals surface area contributed by atoms with E-state index in [1.54, 1.807) is 17.2 Å². The number of nitrogens with two attached hydrogens (primary N) is 1. The van der Waals surface area contributed by atoms with E-state index >= 15 is 0 Å². The first-order valence-electron chi connectivity index (χ1n) is 6.88. The number of aromatic nitrogens is 1. The van der Waals surface area contributed by atoms with Crippen LogP contribution in [0.15, 0.2) is 18.5 Å². The average Bonchev–Trinajstić information content (AvgIpc) is 2.48. The molecular weight excluding hydrogens is 264 g/mol. The summed E-state index contributed by atoms with van der Waals surface area (Å²) in [6, 6.07) is 3.78. The summed E-state index contributed by atoms with van der Waals surface area (Å²) in [6.45, 7) is 5.37. The highest BCUT2D eigenvalue weighted by molar-refractivity contribution is 5.94. The van der Waals surface area contributed by atoms with Crippen LogP contribution in [0, 0.1) is 29.1 Å². The number of hydrogen-bond acceptors (Lipinski definition) is 4. The third-order valence-electron chi connectivity index (χ3n) is 2.69. The molecule has 110 valence electrons. The van der Waals surface area contributed by atoms with Crippen molar-refractivity contribution >= 4 is 5.91 Å². The van der Waals surface area contributed by atoms with E-state index in [4.69, 9.17) is 11.0 Å². The van der Waals surface area contributed by atoms with Gasteiger partial charge in [-0.15, -0.1) is 0 Å². The Bertz CT molecular complexity index is 578. The quantitative estimate of drug-likeness (QED) is 0.829. The average molecular weight is 284 g/mol. The van der Waals surface area contributed by atoms with Crippen LogP contribution in [-0.4, -0.2) is 35.4 Å². The van der Waals surface area contributed by atoms with E-state index in [0.29, 0.717) is 36.6 Å². The Morgan fingerprint density at radius 1 is 1.48 bits per heavy atom. The molecule has 0 bridgehead atoms. The summed E-state index contributed by atoms with van der Waals surface area (Å²) in [5, 5.41) is 8.71. The van der Waals surface area contributed by atoms with Gasteiger partial charge in [0.2, 0.25) is 0 Å². The van der Waals surface area contributed by atoms with Gasteiger partial charge in [0.25, 0.3) is 5.91 Å². The van der Waals surface area contributed by atoms with Crippen molar-refractivity contribution in [2.75, 3.05) is 19.6 Å². The van der Waals surface area contributed by atoms with Crippen LogP contribution < -0.4 is 5.73 Å². The predicted molar refractivity (Wildman–Crippen MR) is 81.1 cm³/mol. The summed E-state index contributed by atoms with van der Waals surface area (Å²) < 4.78 is 0. The lowest BCUT2D eigenvalue weighted by Crippen LogP contribution is -2.35. The van der Waals surface area contributed by atoms with E-state index in [1.165, 1.54) is 6.20 Å². The van der Waals surface area contributed by atoms with Crippen LogP contribution in [0.3, 0.4) is 0 Å². The summed E-state index contributed by atoms with van der Waals surface area (Å²) in [5.74, 6) is 5.81. The SMILES string of the molecule is CC(C)CN(CCC#N)C(=O)c1cncc(C#CCN)c1. The minimum Gasteiger partial charge on any atom is -0.337 e. The number of nitriles is 1. The molecule has 0 radical (unpaired) electrons. The fourth-order valence-electron chi connectivity index (χ4n) is 1.86. The van der Waals surface area contributed by atoms with Crippen molar-refractivity contribution in [1.29, 1.82) is 5.26 Å². The summed E-state index contributed by atoms with van der Waals surface area (Å²) in [5.41, 5.74) is 6.48. The molecule has 5 heteroatoms. The smallest absolute Gasteiger partial charge is 0.255 e. The Balaban J connectivity index is 2.94. The van der Waals surface area contributed by atoms with Crippen LogP contribution in [0.5, 0.6) is 0 Å². The Labute approximate surface area is 125 Å². The summed E-state index contributed by atoms with van der Waals surface area (Å²) in [4.78, 5) is 18.2. The number of carbonyl (C=O) groups excluding carboxylic acids is 1. The zero-order chi connectivity index (χ0) is 15.7. The third kappa shape index (κ3) is 5.64. The maximum absolute atomic E-state index is 12.5. The molecule has 5 nitrogen and oxygen atoms in total. The number of pyridine rings is 1. The molecule has 0 spiro atoms. The fourth-order valence-corrected chi connectivity index (χ4v) is 1.86. The molecule has 1 heterocycles. The monoisotopic (exact) mass is 284 g/mol. The first-order chi connectivity index (χ1) is 10.1. The van der Waals surface area contributed by atoms with Gasteiger partial charge in [-0.1, -0.05) is 25.7 Å². The molecule has 0 saturated heterocycles. The lowest BCUT2D eigenvalue weighted by atomic mass is 10.1. The van der Waals surface area contributed by atoms with E-state index in [-0.39, 0.29) is 12.5 Å². The molecule has 1 aromatic rings. The van der Waals surface area contributed by atoms with Gasteiger partial charge in [0.15, 0.2) is 0 Å². The number of rotatable bonds is 5. The molecule has 0 aliphatic rings. The Morgan fingerprint density at radius 2 is 2.24 bits per heavy atom. The van der Waals surface area contributed by atoms with Gasteiger partial charge in [-0.05, 0) is 12.0 Å². The molecule has 1 rings (SSSR count). The number of amides is 1. The highest BCUT2D eigenvalue weighted by Gasteiger charge is 2.17. The van der Waals surface area contributed by atoms with Gasteiger partial charge in [0.1, 0.15) is 0 Å². The molecule has 21 heavy (non-hydrogen) atoms. The largest absolute Gasteiger partial charge is 0.337 e. The van der Waals surface area contributed by atoms with Crippen molar-refractivity contribution < 1.29 is 4.79 Å². The molecule has 2 N–H and O–H groups in total. The number of nitrogens with zero attached hydrogens (tertiary/aromatic N) is 3. The second kappa shape index (κ2) is 8.73. The number of hydrogen-bond donors (Lipinski definition) is 1. The Hall–Kier alpha value is -2.37. The molecule has 1 amide bonds. The van der Waals surface area contributed by atoms with Crippen molar-refractivity contribution in [3.05, 3.63) is 29.6 Å². The maximum atomic E-state index is 12.5. The first kappa shape index (κ1) is 16.7. The van der Waals surface area contributed by atoms with E-state index in [1.807, 2.05) is 13.8 Å². The van der Waals surface area contributed by atoms with Gasteiger partial charge in [-0.3, -0.25) is 9.78 Å². The normalized spacial score (nSPS) is 9.67. The van der Waals surface area contributed by atoms with Gasteiger partial charge in [-0.2, -0.15) is 5.26 Å². The van der Waals surface area contributed by atoms with E-state index in [9.17, 15) is 4.79 Å². The van der Waals surface area contributed by atoms with Crippen LogP contribution in [0.25, 0.3) is 0 Å². The van der Waals surface area contributed by atoms with Gasteiger partial charge < -0.3 is 10.6 Å². The second-order valence-corrected chi connectivity index (χ2v) is 5.02. The first-order valence-corrected chi connectivity index (χ1v) is 6.88. The van der Waals surface area contributed by atoms with Crippen molar-refractivity contribution in [1.82, 2.24) is 9.88 Å². The fraction of sp³-hybridized carbons (Fsp3) is 0.438. The molecule has 0 saturated carbocycles. The van der Waals surface area contributed by atoms with E-state index < -0.39 is 0 Å². The maximum Gasteiger partial charge on any atom is 0.255 e. The standard InChI is InChI=1S/C16H20N4O/c1-13(2)12-20(8-4-7-18)16(21)15-9-14(5-3-6-17)10-19-11-15/h9-11,13H,4,6,8,12,17H2,1-2H3. The molecule has 0 aliphatic carbocycles. The third-order valence-corrected chi connectivity index (χ3v) is 2.69. The Kier molecular flexibility index (Phi) is 6.94. The van der Waals surface area contributed by atoms with Crippen LogP contribution in [-0.2, 0) is 0 Å².